The second-order valence-electron chi connectivity index (χ2n) is 7.02. The minimum Gasteiger partial charge on any atom is -0.384 e. The SMILES string of the molecule is Cc1c(C#N)c(N)n(-c2ccccc2)c(=O)c1N=Nc1sc2c(c1C#N)CCCC2. The Morgan fingerprint density at radius 3 is 2.47 bits per heavy atom. The van der Waals surface area contributed by atoms with Crippen LogP contribution in [-0.2, 0) is 12.8 Å². The first kappa shape index (κ1) is 19.6. The van der Waals surface area contributed by atoms with Crippen molar-refractivity contribution in [2.75, 3.05) is 5.73 Å². The molecule has 0 spiro atoms. The number of benzene rings is 1. The maximum atomic E-state index is 13.2. The standard InChI is InChI=1S/C22H18N6OS/c1-13-16(11-23)20(25)28(14-7-3-2-4-8-14)22(29)19(13)26-27-21-17(12-24)15-9-5-6-10-18(15)30-21/h2-4,7-8H,5-6,9-10,25H2,1H3. The van der Waals surface area contributed by atoms with Crippen molar-refractivity contribution in [2.24, 2.45) is 10.2 Å². The molecule has 0 bridgehead atoms. The number of nitriles is 2. The van der Waals surface area contributed by atoms with Crippen LogP contribution in [-0.4, -0.2) is 4.57 Å². The Morgan fingerprint density at radius 2 is 1.77 bits per heavy atom. The molecule has 2 heterocycles. The van der Waals surface area contributed by atoms with Gasteiger partial charge in [-0.1, -0.05) is 18.2 Å². The second-order valence-corrected chi connectivity index (χ2v) is 8.11. The number of hydrogen-bond acceptors (Lipinski definition) is 7. The summed E-state index contributed by atoms with van der Waals surface area (Å²) in [6, 6.07) is 13.2. The first-order chi connectivity index (χ1) is 14.6. The predicted octanol–water partition coefficient (Wildman–Crippen LogP) is 4.83. The number of hydrogen-bond donors (Lipinski definition) is 1. The molecule has 30 heavy (non-hydrogen) atoms. The molecule has 148 valence electrons. The van der Waals surface area contributed by atoms with Gasteiger partial charge in [-0.05, 0) is 50.3 Å². The summed E-state index contributed by atoms with van der Waals surface area (Å²) >= 11 is 1.45. The minimum atomic E-state index is -0.459. The monoisotopic (exact) mass is 414 g/mol. The van der Waals surface area contributed by atoms with Crippen molar-refractivity contribution in [2.45, 2.75) is 32.6 Å². The molecule has 3 aromatic rings. The molecule has 0 radical (unpaired) electrons. The molecule has 1 aliphatic rings. The zero-order valence-electron chi connectivity index (χ0n) is 16.3. The number of anilines is 1. The van der Waals surface area contributed by atoms with Crippen LogP contribution in [0.3, 0.4) is 0 Å². The first-order valence-corrected chi connectivity index (χ1v) is 10.4. The Balaban J connectivity index is 1.89. The van der Waals surface area contributed by atoms with E-state index in [4.69, 9.17) is 5.73 Å². The Bertz CT molecular complexity index is 1300. The van der Waals surface area contributed by atoms with Gasteiger partial charge >= 0.3 is 0 Å². The third-order valence-corrected chi connectivity index (χ3v) is 6.44. The molecular weight excluding hydrogens is 396 g/mol. The average molecular weight is 414 g/mol. The average Bonchev–Trinajstić information content (AvgIpc) is 3.12. The van der Waals surface area contributed by atoms with Gasteiger partial charge in [0.1, 0.15) is 18.0 Å². The Labute approximate surface area is 177 Å². The molecule has 7 nitrogen and oxygen atoms in total. The van der Waals surface area contributed by atoms with Crippen molar-refractivity contribution in [1.29, 1.82) is 10.5 Å². The van der Waals surface area contributed by atoms with Crippen LogP contribution < -0.4 is 11.3 Å². The molecule has 1 aromatic carbocycles. The van der Waals surface area contributed by atoms with Crippen molar-refractivity contribution in [3.63, 3.8) is 0 Å². The van der Waals surface area contributed by atoms with Crippen LogP contribution in [0.1, 0.15) is 40.0 Å². The Morgan fingerprint density at radius 1 is 1.07 bits per heavy atom. The number of pyridine rings is 1. The minimum absolute atomic E-state index is 0.0415. The highest BCUT2D eigenvalue weighted by atomic mass is 32.1. The van der Waals surface area contributed by atoms with E-state index in [-0.39, 0.29) is 17.1 Å². The van der Waals surface area contributed by atoms with Gasteiger partial charge in [-0.3, -0.25) is 9.36 Å². The first-order valence-electron chi connectivity index (χ1n) is 9.53. The van der Waals surface area contributed by atoms with Gasteiger partial charge in [0.2, 0.25) is 0 Å². The highest BCUT2D eigenvalue weighted by Gasteiger charge is 2.22. The summed E-state index contributed by atoms with van der Waals surface area (Å²) in [6.07, 6.45) is 3.95. The summed E-state index contributed by atoms with van der Waals surface area (Å²) in [5, 5.41) is 28.2. The number of nitrogen functional groups attached to an aromatic ring is 1. The van der Waals surface area contributed by atoms with Crippen molar-refractivity contribution < 1.29 is 0 Å². The van der Waals surface area contributed by atoms with E-state index in [1.807, 2.05) is 6.07 Å². The van der Waals surface area contributed by atoms with E-state index in [1.165, 1.54) is 20.8 Å². The fraction of sp³-hybridized carbons (Fsp3) is 0.227. The van der Waals surface area contributed by atoms with Crippen molar-refractivity contribution in [3.05, 3.63) is 67.8 Å². The van der Waals surface area contributed by atoms with Crippen molar-refractivity contribution in [3.8, 4) is 17.8 Å². The molecule has 1 aliphatic carbocycles. The maximum absolute atomic E-state index is 13.2. The van der Waals surface area contributed by atoms with E-state index in [0.717, 1.165) is 31.2 Å². The fourth-order valence-corrected chi connectivity index (χ4v) is 4.88. The summed E-state index contributed by atoms with van der Waals surface area (Å²) in [4.78, 5) is 14.4. The Kier molecular flexibility index (Phi) is 5.18. The van der Waals surface area contributed by atoms with Gasteiger partial charge in [0.25, 0.3) is 5.56 Å². The van der Waals surface area contributed by atoms with Gasteiger partial charge in [0.05, 0.1) is 16.8 Å². The van der Waals surface area contributed by atoms with Crippen LogP contribution in [0.2, 0.25) is 0 Å². The van der Waals surface area contributed by atoms with Gasteiger partial charge < -0.3 is 5.73 Å². The van der Waals surface area contributed by atoms with Crippen LogP contribution >= 0.6 is 11.3 Å². The van der Waals surface area contributed by atoms with Crippen molar-refractivity contribution in [1.82, 2.24) is 4.57 Å². The van der Waals surface area contributed by atoms with Crippen LogP contribution in [0.25, 0.3) is 5.69 Å². The lowest BCUT2D eigenvalue weighted by atomic mass is 9.96. The molecule has 0 fully saturated rings. The van der Waals surface area contributed by atoms with Crippen LogP contribution in [0.4, 0.5) is 16.5 Å². The van der Waals surface area contributed by atoms with Gasteiger partial charge in [-0.15, -0.1) is 21.6 Å². The molecule has 0 amide bonds. The van der Waals surface area contributed by atoms with Crippen molar-refractivity contribution >= 4 is 27.8 Å². The van der Waals surface area contributed by atoms with Crippen LogP contribution in [0, 0.1) is 29.6 Å². The number of azo groups is 1. The number of rotatable bonds is 3. The van der Waals surface area contributed by atoms with E-state index in [2.05, 4.69) is 22.4 Å². The Hall–Kier alpha value is -3.75. The lowest BCUT2D eigenvalue weighted by molar-refractivity contribution is 0.696. The number of thiophene rings is 1. The molecule has 0 unspecified atom stereocenters. The molecule has 0 atom stereocenters. The predicted molar refractivity (Wildman–Crippen MR) is 116 cm³/mol. The molecule has 2 aromatic heterocycles. The largest absolute Gasteiger partial charge is 0.384 e. The van der Waals surface area contributed by atoms with Gasteiger partial charge in [-0.2, -0.15) is 10.5 Å². The topological polar surface area (TPSA) is 120 Å². The smallest absolute Gasteiger partial charge is 0.284 e. The molecule has 2 N–H and O–H groups in total. The highest BCUT2D eigenvalue weighted by molar-refractivity contribution is 7.16. The molecular formula is C22H18N6OS. The molecule has 0 saturated heterocycles. The highest BCUT2D eigenvalue weighted by Crippen LogP contribution is 2.40. The molecule has 0 saturated carbocycles. The second kappa shape index (κ2) is 7.94. The lowest BCUT2D eigenvalue weighted by Crippen LogP contribution is -2.23. The summed E-state index contributed by atoms with van der Waals surface area (Å²) in [6.45, 7) is 1.63. The van der Waals surface area contributed by atoms with Crippen LogP contribution in [0.15, 0.2) is 45.4 Å². The zero-order valence-corrected chi connectivity index (χ0v) is 17.2. The van der Waals surface area contributed by atoms with E-state index in [1.54, 1.807) is 31.2 Å². The number of aryl methyl sites for hydroxylation is 1. The summed E-state index contributed by atoms with van der Waals surface area (Å²) in [5.74, 6) is 0.0643. The molecule has 4 rings (SSSR count). The number of nitrogens with zero attached hydrogens (tertiary/aromatic N) is 5. The van der Waals surface area contributed by atoms with E-state index in [0.29, 0.717) is 21.8 Å². The van der Waals surface area contributed by atoms with Crippen LogP contribution in [0.5, 0.6) is 0 Å². The lowest BCUT2D eigenvalue weighted by Gasteiger charge is -2.14. The number of fused-ring (bicyclic) bond motifs is 1. The number of nitrogens with two attached hydrogens (primary N) is 1. The molecule has 8 heteroatoms. The van der Waals surface area contributed by atoms with E-state index >= 15 is 0 Å². The number of para-hydroxylation sites is 1. The van der Waals surface area contributed by atoms with Gasteiger partial charge in [-0.25, -0.2) is 0 Å². The fourth-order valence-electron chi connectivity index (χ4n) is 3.72. The normalized spacial score (nSPS) is 13.0. The summed E-state index contributed by atoms with van der Waals surface area (Å²) in [5.41, 5.74) is 8.40. The summed E-state index contributed by atoms with van der Waals surface area (Å²) < 4.78 is 1.27. The molecule has 0 aliphatic heterocycles. The third-order valence-electron chi connectivity index (χ3n) is 5.26. The van der Waals surface area contributed by atoms with Gasteiger partial charge in [0, 0.05) is 10.4 Å². The number of aromatic nitrogens is 1. The van der Waals surface area contributed by atoms with E-state index < -0.39 is 5.56 Å². The quantitative estimate of drug-likeness (QED) is 0.617. The van der Waals surface area contributed by atoms with E-state index in [9.17, 15) is 15.3 Å². The zero-order chi connectivity index (χ0) is 21.3. The maximum Gasteiger partial charge on any atom is 0.284 e. The summed E-state index contributed by atoms with van der Waals surface area (Å²) in [7, 11) is 0. The van der Waals surface area contributed by atoms with Gasteiger partial charge in [0.15, 0.2) is 10.7 Å². The third kappa shape index (κ3) is 3.18.